The predicted molar refractivity (Wildman–Crippen MR) is 61.9 cm³/mol. The third kappa shape index (κ3) is 4.33. The average Bonchev–Trinajstić information content (AvgIpc) is 2.29. The Morgan fingerprint density at radius 1 is 1.33 bits per heavy atom. The van der Waals surface area contributed by atoms with Crippen LogP contribution in [0.5, 0.6) is 0 Å². The molecule has 0 aliphatic heterocycles. The molecular weight excluding hydrogens is 188 g/mol. The minimum absolute atomic E-state index is 0.292. The summed E-state index contributed by atoms with van der Waals surface area (Å²) in [5.74, 6) is 1.40. The lowest BCUT2D eigenvalue weighted by Gasteiger charge is -2.27. The smallest absolute Gasteiger partial charge is 0.161 e. The summed E-state index contributed by atoms with van der Waals surface area (Å²) < 4.78 is 5.32. The molecule has 2 heteroatoms. The van der Waals surface area contributed by atoms with Crippen LogP contribution in [0.15, 0.2) is 0 Å². The van der Waals surface area contributed by atoms with Gasteiger partial charge in [0.25, 0.3) is 0 Å². The maximum absolute atomic E-state index is 11.8. The van der Waals surface area contributed by atoms with E-state index >= 15 is 0 Å². The molecule has 2 nitrogen and oxygen atoms in total. The van der Waals surface area contributed by atoms with Crippen molar-refractivity contribution in [1.82, 2.24) is 0 Å². The van der Waals surface area contributed by atoms with E-state index in [0.29, 0.717) is 18.3 Å². The zero-order chi connectivity index (χ0) is 11.1. The molecule has 2 unspecified atom stereocenters. The Bertz CT molecular complexity index is 189. The summed E-state index contributed by atoms with van der Waals surface area (Å²) in [6, 6.07) is 0. The van der Waals surface area contributed by atoms with Gasteiger partial charge in [-0.15, -0.1) is 0 Å². The summed E-state index contributed by atoms with van der Waals surface area (Å²) in [5.41, 5.74) is 0. The minimum atomic E-state index is 0.292. The number of hydrogen-bond donors (Lipinski definition) is 0. The Morgan fingerprint density at radius 3 is 2.80 bits per heavy atom. The van der Waals surface area contributed by atoms with Gasteiger partial charge in [-0.25, -0.2) is 0 Å². The van der Waals surface area contributed by atoms with E-state index in [2.05, 4.69) is 13.8 Å². The molecule has 1 rings (SSSR count). The molecule has 1 aliphatic carbocycles. The van der Waals surface area contributed by atoms with Crippen LogP contribution < -0.4 is 0 Å². The molecule has 0 amide bonds. The number of rotatable bonds is 6. The molecular formula is C13H24O2. The number of carbonyl (C=O) groups excluding carboxylic acids is 1. The van der Waals surface area contributed by atoms with Crippen LogP contribution in [0.3, 0.4) is 0 Å². The Morgan fingerprint density at radius 2 is 2.13 bits per heavy atom. The average molecular weight is 212 g/mol. The van der Waals surface area contributed by atoms with Crippen molar-refractivity contribution in [2.24, 2.45) is 11.8 Å². The van der Waals surface area contributed by atoms with Crippen LogP contribution >= 0.6 is 0 Å². The third-order valence-electron chi connectivity index (χ3n) is 3.41. The molecule has 1 aliphatic rings. The van der Waals surface area contributed by atoms with Crippen molar-refractivity contribution in [1.29, 1.82) is 0 Å². The van der Waals surface area contributed by atoms with Gasteiger partial charge in [0.15, 0.2) is 5.78 Å². The summed E-state index contributed by atoms with van der Waals surface area (Å²) in [5, 5.41) is 0. The highest BCUT2D eigenvalue weighted by Crippen LogP contribution is 2.31. The van der Waals surface area contributed by atoms with Crippen LogP contribution in [0.1, 0.15) is 52.4 Å². The highest BCUT2D eigenvalue weighted by Gasteiger charge is 2.25. The normalized spacial score (nSPS) is 26.5. The second-order valence-corrected chi connectivity index (χ2v) is 4.66. The lowest BCUT2D eigenvalue weighted by molar-refractivity contribution is -0.129. The van der Waals surface area contributed by atoms with Gasteiger partial charge >= 0.3 is 0 Å². The molecule has 0 radical (unpaired) electrons. The van der Waals surface area contributed by atoms with Crippen molar-refractivity contribution >= 4 is 5.78 Å². The Hall–Kier alpha value is -0.370. The molecule has 0 bridgehead atoms. The van der Waals surface area contributed by atoms with Gasteiger partial charge < -0.3 is 4.74 Å². The van der Waals surface area contributed by atoms with Gasteiger partial charge in [0.1, 0.15) is 6.61 Å². The summed E-state index contributed by atoms with van der Waals surface area (Å²) in [6.07, 6.45) is 6.95. The Balaban J connectivity index is 2.25. The molecule has 0 aromatic carbocycles. The Labute approximate surface area is 93.4 Å². The summed E-state index contributed by atoms with van der Waals surface area (Å²) >= 11 is 0. The van der Waals surface area contributed by atoms with Crippen molar-refractivity contribution in [3.8, 4) is 0 Å². The quantitative estimate of drug-likeness (QED) is 0.632. The molecule has 88 valence electrons. The van der Waals surface area contributed by atoms with Crippen LogP contribution in [0.4, 0.5) is 0 Å². The second-order valence-electron chi connectivity index (χ2n) is 4.66. The van der Waals surface area contributed by atoms with E-state index in [4.69, 9.17) is 4.74 Å². The molecule has 0 aromatic heterocycles. The van der Waals surface area contributed by atoms with E-state index in [1.54, 1.807) is 0 Å². The lowest BCUT2D eigenvalue weighted by Crippen LogP contribution is -2.26. The second kappa shape index (κ2) is 7.00. The van der Waals surface area contributed by atoms with Crippen molar-refractivity contribution in [2.75, 3.05) is 13.2 Å². The summed E-state index contributed by atoms with van der Waals surface area (Å²) in [6.45, 7) is 5.36. The van der Waals surface area contributed by atoms with Crippen LogP contribution in [0, 0.1) is 11.8 Å². The van der Waals surface area contributed by atoms with Gasteiger partial charge in [-0.2, -0.15) is 0 Å². The van der Waals surface area contributed by atoms with Gasteiger partial charge in [-0.1, -0.05) is 33.1 Å². The van der Waals surface area contributed by atoms with Crippen molar-refractivity contribution in [3.05, 3.63) is 0 Å². The molecule has 15 heavy (non-hydrogen) atoms. The van der Waals surface area contributed by atoms with Crippen LogP contribution in [-0.4, -0.2) is 19.0 Å². The topological polar surface area (TPSA) is 26.3 Å². The molecule has 0 N–H and O–H groups in total. The Kier molecular flexibility index (Phi) is 5.92. The first-order valence-electron chi connectivity index (χ1n) is 6.38. The maximum Gasteiger partial charge on any atom is 0.161 e. The number of ketones is 1. The molecule has 1 fully saturated rings. The fourth-order valence-electron chi connectivity index (χ4n) is 2.39. The number of hydrogen-bond acceptors (Lipinski definition) is 2. The number of Topliss-reactive ketones (excluding diaryl/α,β-unsaturated/α-hetero) is 1. The largest absolute Gasteiger partial charge is 0.374 e. The zero-order valence-corrected chi connectivity index (χ0v) is 10.1. The van der Waals surface area contributed by atoms with E-state index in [1.165, 1.54) is 19.3 Å². The first-order valence-corrected chi connectivity index (χ1v) is 6.38. The number of ether oxygens (including phenoxy) is 1. The van der Waals surface area contributed by atoms with E-state index in [-0.39, 0.29) is 0 Å². The van der Waals surface area contributed by atoms with Crippen LogP contribution in [0.2, 0.25) is 0 Å². The van der Waals surface area contributed by atoms with E-state index in [9.17, 15) is 4.79 Å². The highest BCUT2D eigenvalue weighted by molar-refractivity contribution is 5.82. The fraction of sp³-hybridized carbons (Fsp3) is 0.923. The molecule has 0 spiro atoms. The van der Waals surface area contributed by atoms with Gasteiger partial charge in [-0.3, -0.25) is 4.79 Å². The molecule has 0 heterocycles. The molecule has 2 atom stereocenters. The standard InChI is InChI=1S/C13H24O2/c1-3-8-15-10-13(14)12-7-5-6-11(4-2)9-12/h11-12H,3-10H2,1-2H3. The third-order valence-corrected chi connectivity index (χ3v) is 3.41. The van der Waals surface area contributed by atoms with E-state index in [1.807, 2.05) is 0 Å². The molecule has 0 aromatic rings. The van der Waals surface area contributed by atoms with Gasteiger partial charge in [0, 0.05) is 12.5 Å². The van der Waals surface area contributed by atoms with Gasteiger partial charge in [0.2, 0.25) is 0 Å². The van der Waals surface area contributed by atoms with Crippen molar-refractivity contribution < 1.29 is 9.53 Å². The lowest BCUT2D eigenvalue weighted by atomic mass is 9.78. The first-order chi connectivity index (χ1) is 7.27. The summed E-state index contributed by atoms with van der Waals surface area (Å²) in [4.78, 5) is 11.8. The predicted octanol–water partition coefficient (Wildman–Crippen LogP) is 3.20. The number of carbonyl (C=O) groups is 1. The highest BCUT2D eigenvalue weighted by atomic mass is 16.5. The maximum atomic E-state index is 11.8. The van der Waals surface area contributed by atoms with Crippen molar-refractivity contribution in [3.63, 3.8) is 0 Å². The zero-order valence-electron chi connectivity index (χ0n) is 10.1. The SMILES string of the molecule is CCCOCC(=O)C1CCCC(CC)C1. The van der Waals surface area contributed by atoms with Crippen LogP contribution in [0.25, 0.3) is 0 Å². The van der Waals surface area contributed by atoms with Gasteiger partial charge in [-0.05, 0) is 25.2 Å². The molecule has 0 saturated heterocycles. The van der Waals surface area contributed by atoms with Crippen molar-refractivity contribution in [2.45, 2.75) is 52.4 Å². The first kappa shape index (κ1) is 12.7. The minimum Gasteiger partial charge on any atom is -0.374 e. The fourth-order valence-corrected chi connectivity index (χ4v) is 2.39. The monoisotopic (exact) mass is 212 g/mol. The van der Waals surface area contributed by atoms with Crippen LogP contribution in [-0.2, 0) is 9.53 Å². The summed E-state index contributed by atoms with van der Waals surface area (Å²) in [7, 11) is 0. The van der Waals surface area contributed by atoms with E-state index < -0.39 is 0 Å². The van der Waals surface area contributed by atoms with Gasteiger partial charge in [0.05, 0.1) is 0 Å². The molecule has 1 saturated carbocycles. The van der Waals surface area contributed by atoms with E-state index in [0.717, 1.165) is 31.8 Å².